The summed E-state index contributed by atoms with van der Waals surface area (Å²) in [5.41, 5.74) is 2.68. The van der Waals surface area contributed by atoms with Crippen LogP contribution >= 0.6 is 23.2 Å². The average Bonchev–Trinajstić information content (AvgIpc) is 2.88. The molecule has 1 aliphatic heterocycles. The highest BCUT2D eigenvalue weighted by molar-refractivity contribution is 6.44. The first-order chi connectivity index (χ1) is 9.65. The fourth-order valence-electron chi connectivity index (χ4n) is 2.28. The average molecular weight is 307 g/mol. The van der Waals surface area contributed by atoms with Crippen molar-refractivity contribution in [2.75, 3.05) is 10.6 Å². The molecule has 0 bridgehead atoms. The molecule has 1 unspecified atom stereocenters. The Bertz CT molecular complexity index is 648. The zero-order chi connectivity index (χ0) is 14.1. The molecular weight excluding hydrogens is 295 g/mol. The minimum atomic E-state index is -0.289. The van der Waals surface area contributed by atoms with E-state index in [1.165, 1.54) is 0 Å². The van der Waals surface area contributed by atoms with Gasteiger partial charge in [0.15, 0.2) is 0 Å². The molecule has 0 saturated heterocycles. The number of carbonyl (C=O) groups is 1. The van der Waals surface area contributed by atoms with Gasteiger partial charge in [-0.1, -0.05) is 47.5 Å². The van der Waals surface area contributed by atoms with Crippen molar-refractivity contribution < 1.29 is 4.79 Å². The van der Waals surface area contributed by atoms with Crippen molar-refractivity contribution in [3.05, 3.63) is 58.1 Å². The minimum absolute atomic E-state index is 0.120. The summed E-state index contributed by atoms with van der Waals surface area (Å²) in [7, 11) is 0. The van der Waals surface area contributed by atoms with Gasteiger partial charge in [0, 0.05) is 12.1 Å². The second-order valence-corrected chi connectivity index (χ2v) is 5.43. The van der Waals surface area contributed by atoms with Gasteiger partial charge in [0.05, 0.1) is 15.7 Å². The number of rotatable bonds is 2. The Balaban J connectivity index is 1.74. The van der Waals surface area contributed by atoms with Gasteiger partial charge in [-0.05, 0) is 23.8 Å². The highest BCUT2D eigenvalue weighted by Crippen LogP contribution is 2.31. The van der Waals surface area contributed by atoms with Crippen molar-refractivity contribution in [1.29, 1.82) is 0 Å². The molecule has 5 heteroatoms. The topological polar surface area (TPSA) is 41.1 Å². The number of anilines is 2. The summed E-state index contributed by atoms with van der Waals surface area (Å²) in [6.07, 6.45) is 0.667. The van der Waals surface area contributed by atoms with E-state index in [0.29, 0.717) is 22.2 Å². The molecule has 2 N–H and O–H groups in total. The Morgan fingerprint density at radius 1 is 1.15 bits per heavy atom. The molecule has 3 nitrogen and oxygen atoms in total. The van der Waals surface area contributed by atoms with Crippen LogP contribution in [0.4, 0.5) is 11.4 Å². The predicted octanol–water partition coefficient (Wildman–Crippen LogP) is 3.97. The number of fused-ring (bicyclic) bond motifs is 1. The fraction of sp³-hybridized carbons (Fsp3) is 0.133. The molecule has 1 heterocycles. The minimum Gasteiger partial charge on any atom is -0.373 e. The molecular formula is C15H12Cl2N2O. The molecule has 1 aliphatic rings. The molecule has 0 spiro atoms. The van der Waals surface area contributed by atoms with E-state index >= 15 is 0 Å². The summed E-state index contributed by atoms with van der Waals surface area (Å²) < 4.78 is 0. The van der Waals surface area contributed by atoms with E-state index in [-0.39, 0.29) is 11.9 Å². The second-order valence-electron chi connectivity index (χ2n) is 4.65. The first-order valence-electron chi connectivity index (χ1n) is 6.24. The monoisotopic (exact) mass is 306 g/mol. The van der Waals surface area contributed by atoms with E-state index in [2.05, 4.69) is 10.6 Å². The van der Waals surface area contributed by atoms with Crippen LogP contribution in [0.1, 0.15) is 5.56 Å². The summed E-state index contributed by atoms with van der Waals surface area (Å²) in [6.45, 7) is 0. The molecule has 102 valence electrons. The Kier molecular flexibility index (Phi) is 3.55. The van der Waals surface area contributed by atoms with Gasteiger partial charge in [-0.3, -0.25) is 4.79 Å². The van der Waals surface area contributed by atoms with Crippen LogP contribution in [0.2, 0.25) is 10.0 Å². The Labute approximate surface area is 126 Å². The number of halogens is 2. The third-order valence-electron chi connectivity index (χ3n) is 3.30. The predicted molar refractivity (Wildman–Crippen MR) is 82.6 cm³/mol. The normalized spacial score (nSPS) is 16.4. The smallest absolute Gasteiger partial charge is 0.247 e. The molecule has 20 heavy (non-hydrogen) atoms. The third-order valence-corrected chi connectivity index (χ3v) is 4.12. The van der Waals surface area contributed by atoms with Gasteiger partial charge in [0.25, 0.3) is 0 Å². The van der Waals surface area contributed by atoms with Crippen molar-refractivity contribution in [3.8, 4) is 0 Å². The first kappa shape index (κ1) is 13.3. The van der Waals surface area contributed by atoms with Crippen LogP contribution in [0, 0.1) is 0 Å². The van der Waals surface area contributed by atoms with Crippen LogP contribution in [0.5, 0.6) is 0 Å². The van der Waals surface area contributed by atoms with E-state index in [4.69, 9.17) is 23.2 Å². The number of carbonyl (C=O) groups excluding carboxylic acids is 1. The van der Waals surface area contributed by atoms with Crippen LogP contribution in [0.25, 0.3) is 0 Å². The van der Waals surface area contributed by atoms with Crippen molar-refractivity contribution >= 4 is 40.5 Å². The lowest BCUT2D eigenvalue weighted by molar-refractivity contribution is -0.116. The lowest BCUT2D eigenvalue weighted by Crippen LogP contribution is -2.32. The van der Waals surface area contributed by atoms with Crippen LogP contribution in [-0.4, -0.2) is 11.9 Å². The fourth-order valence-corrected chi connectivity index (χ4v) is 2.62. The lowest BCUT2D eigenvalue weighted by atomic mass is 10.1. The molecule has 1 amide bonds. The number of amides is 1. The van der Waals surface area contributed by atoms with Gasteiger partial charge < -0.3 is 10.6 Å². The van der Waals surface area contributed by atoms with Crippen molar-refractivity contribution in [1.82, 2.24) is 0 Å². The Hall–Kier alpha value is -1.71. The van der Waals surface area contributed by atoms with Gasteiger partial charge in [-0.15, -0.1) is 0 Å². The summed E-state index contributed by atoms with van der Waals surface area (Å²) in [4.78, 5) is 12.3. The largest absolute Gasteiger partial charge is 0.373 e. The van der Waals surface area contributed by atoms with Gasteiger partial charge in [0.2, 0.25) is 5.91 Å². The van der Waals surface area contributed by atoms with E-state index in [1.807, 2.05) is 24.3 Å². The molecule has 0 aliphatic carbocycles. The highest BCUT2D eigenvalue weighted by Gasteiger charge is 2.26. The lowest BCUT2D eigenvalue weighted by Gasteiger charge is -2.13. The molecule has 0 fully saturated rings. The van der Waals surface area contributed by atoms with E-state index in [9.17, 15) is 4.79 Å². The summed E-state index contributed by atoms with van der Waals surface area (Å²) in [6, 6.07) is 12.8. The van der Waals surface area contributed by atoms with Gasteiger partial charge in [0.1, 0.15) is 6.04 Å². The quantitative estimate of drug-likeness (QED) is 0.881. The number of benzene rings is 2. The third kappa shape index (κ3) is 2.47. The van der Waals surface area contributed by atoms with E-state index < -0.39 is 0 Å². The standard InChI is InChI=1S/C15H12Cl2N2O/c16-10-5-3-7-12(14(10)17)19-15(20)13-8-9-4-1-2-6-11(9)18-13/h1-7,13,18H,8H2,(H,19,20). The van der Waals surface area contributed by atoms with Crippen molar-refractivity contribution in [2.24, 2.45) is 0 Å². The van der Waals surface area contributed by atoms with Crippen LogP contribution in [0.3, 0.4) is 0 Å². The van der Waals surface area contributed by atoms with Crippen LogP contribution in [-0.2, 0) is 11.2 Å². The van der Waals surface area contributed by atoms with E-state index in [0.717, 1.165) is 11.3 Å². The SMILES string of the molecule is O=C(Nc1cccc(Cl)c1Cl)C1Cc2ccccc2N1. The van der Waals surface area contributed by atoms with Crippen LogP contribution < -0.4 is 10.6 Å². The molecule has 0 radical (unpaired) electrons. The van der Waals surface area contributed by atoms with Crippen molar-refractivity contribution in [3.63, 3.8) is 0 Å². The zero-order valence-electron chi connectivity index (χ0n) is 10.5. The number of hydrogen-bond acceptors (Lipinski definition) is 2. The summed E-state index contributed by atoms with van der Waals surface area (Å²) in [5, 5.41) is 6.79. The second kappa shape index (κ2) is 5.35. The molecule has 0 aromatic heterocycles. The van der Waals surface area contributed by atoms with E-state index in [1.54, 1.807) is 18.2 Å². The Morgan fingerprint density at radius 2 is 1.95 bits per heavy atom. The maximum atomic E-state index is 12.3. The Morgan fingerprint density at radius 3 is 2.75 bits per heavy atom. The zero-order valence-corrected chi connectivity index (χ0v) is 12.0. The first-order valence-corrected chi connectivity index (χ1v) is 7.00. The molecule has 1 atom stereocenters. The molecule has 0 saturated carbocycles. The van der Waals surface area contributed by atoms with Crippen LogP contribution in [0.15, 0.2) is 42.5 Å². The maximum absolute atomic E-state index is 12.3. The maximum Gasteiger partial charge on any atom is 0.247 e. The molecule has 2 aromatic rings. The molecule has 2 aromatic carbocycles. The molecule has 3 rings (SSSR count). The van der Waals surface area contributed by atoms with Gasteiger partial charge in [-0.2, -0.15) is 0 Å². The van der Waals surface area contributed by atoms with Gasteiger partial charge >= 0.3 is 0 Å². The van der Waals surface area contributed by atoms with Crippen molar-refractivity contribution in [2.45, 2.75) is 12.5 Å². The number of para-hydroxylation sites is 1. The number of nitrogens with one attached hydrogen (secondary N) is 2. The number of hydrogen-bond donors (Lipinski definition) is 2. The summed E-state index contributed by atoms with van der Waals surface area (Å²) in [5.74, 6) is -0.120. The summed E-state index contributed by atoms with van der Waals surface area (Å²) >= 11 is 12.0. The highest BCUT2D eigenvalue weighted by atomic mass is 35.5. The van der Waals surface area contributed by atoms with Gasteiger partial charge in [-0.25, -0.2) is 0 Å².